The fourth-order valence-corrected chi connectivity index (χ4v) is 1.77. The third-order valence-electron chi connectivity index (χ3n) is 2.73. The van der Waals surface area contributed by atoms with Crippen molar-refractivity contribution in [3.05, 3.63) is 42.1 Å². The molecule has 0 saturated carbocycles. The first-order valence-electron chi connectivity index (χ1n) is 6.42. The van der Waals surface area contributed by atoms with E-state index < -0.39 is 0 Å². The molecule has 0 aliphatic heterocycles. The van der Waals surface area contributed by atoms with Crippen molar-refractivity contribution in [1.82, 2.24) is 4.98 Å². The van der Waals surface area contributed by atoms with Crippen LogP contribution < -0.4 is 14.8 Å². The van der Waals surface area contributed by atoms with Crippen molar-refractivity contribution in [2.24, 2.45) is 0 Å². The lowest BCUT2D eigenvalue weighted by Crippen LogP contribution is -1.99. The predicted octanol–water partition coefficient (Wildman–Crippen LogP) is 2.81. The highest BCUT2D eigenvalue weighted by molar-refractivity contribution is 5.47. The molecule has 1 aromatic heterocycles. The summed E-state index contributed by atoms with van der Waals surface area (Å²) in [5, 5.41) is 12.2. The number of pyridine rings is 1. The van der Waals surface area contributed by atoms with Crippen LogP contribution in [-0.2, 0) is 6.61 Å². The zero-order valence-corrected chi connectivity index (χ0v) is 11.6. The first kappa shape index (κ1) is 14.1. The van der Waals surface area contributed by atoms with Crippen molar-refractivity contribution in [2.45, 2.75) is 13.5 Å². The molecule has 0 aliphatic carbocycles. The molecule has 0 amide bonds. The van der Waals surface area contributed by atoms with Gasteiger partial charge >= 0.3 is 0 Å². The van der Waals surface area contributed by atoms with Gasteiger partial charge in [0.15, 0.2) is 11.5 Å². The number of aliphatic hydroxyl groups excluding tert-OH is 1. The predicted molar refractivity (Wildman–Crippen MR) is 77.4 cm³/mol. The van der Waals surface area contributed by atoms with Gasteiger partial charge in [-0.25, -0.2) is 4.98 Å². The minimum atomic E-state index is -0.0313. The number of hydrogen-bond acceptors (Lipinski definition) is 5. The summed E-state index contributed by atoms with van der Waals surface area (Å²) in [7, 11) is 1.57. The van der Waals surface area contributed by atoms with Crippen LogP contribution in [0.1, 0.15) is 12.5 Å². The van der Waals surface area contributed by atoms with Crippen molar-refractivity contribution in [3.63, 3.8) is 0 Å². The van der Waals surface area contributed by atoms with Crippen LogP contribution in [0, 0.1) is 0 Å². The maximum Gasteiger partial charge on any atom is 0.169 e. The second-order valence-electron chi connectivity index (χ2n) is 4.15. The molecule has 20 heavy (non-hydrogen) atoms. The van der Waals surface area contributed by atoms with E-state index in [0.717, 1.165) is 17.9 Å². The summed E-state index contributed by atoms with van der Waals surface area (Å²) in [6.45, 7) is 2.77. The molecule has 0 saturated heterocycles. The number of ether oxygens (including phenoxy) is 2. The lowest BCUT2D eigenvalue weighted by atomic mass is 10.2. The number of nitrogens with one attached hydrogen (secondary N) is 1. The third kappa shape index (κ3) is 3.39. The van der Waals surface area contributed by atoms with E-state index in [9.17, 15) is 0 Å². The minimum absolute atomic E-state index is 0.0313. The molecular weight excluding hydrogens is 256 g/mol. The number of benzene rings is 1. The van der Waals surface area contributed by atoms with Crippen molar-refractivity contribution < 1.29 is 14.6 Å². The van der Waals surface area contributed by atoms with Gasteiger partial charge in [-0.3, -0.25) is 0 Å². The van der Waals surface area contributed by atoms with Gasteiger partial charge in [-0.15, -0.1) is 0 Å². The molecule has 0 bridgehead atoms. The van der Waals surface area contributed by atoms with Gasteiger partial charge in [0.05, 0.1) is 13.7 Å². The Morgan fingerprint density at radius 2 is 2.05 bits per heavy atom. The topological polar surface area (TPSA) is 63.6 Å². The van der Waals surface area contributed by atoms with Crippen LogP contribution in [0.5, 0.6) is 17.2 Å². The first-order valence-corrected chi connectivity index (χ1v) is 6.42. The van der Waals surface area contributed by atoms with Gasteiger partial charge in [-0.1, -0.05) is 6.07 Å². The maximum absolute atomic E-state index is 9.12. The number of anilines is 1. The van der Waals surface area contributed by atoms with E-state index in [1.807, 2.05) is 13.0 Å². The van der Waals surface area contributed by atoms with Gasteiger partial charge in [-0.05, 0) is 30.7 Å². The zero-order chi connectivity index (χ0) is 14.4. The van der Waals surface area contributed by atoms with Crippen molar-refractivity contribution in [2.75, 3.05) is 19.0 Å². The van der Waals surface area contributed by atoms with E-state index in [0.29, 0.717) is 17.2 Å². The monoisotopic (exact) mass is 274 g/mol. The first-order chi connectivity index (χ1) is 9.76. The van der Waals surface area contributed by atoms with E-state index in [1.165, 1.54) is 0 Å². The van der Waals surface area contributed by atoms with Crippen LogP contribution in [0.3, 0.4) is 0 Å². The molecule has 0 fully saturated rings. The average Bonchev–Trinajstić information content (AvgIpc) is 2.48. The Balaban J connectivity index is 2.22. The van der Waals surface area contributed by atoms with Gasteiger partial charge < -0.3 is 19.9 Å². The Hall–Kier alpha value is -2.27. The number of rotatable bonds is 6. The number of nitrogens with zero attached hydrogens (tertiary/aromatic N) is 1. The second kappa shape index (κ2) is 6.77. The van der Waals surface area contributed by atoms with Crippen molar-refractivity contribution >= 4 is 5.82 Å². The Bertz CT molecular complexity index is 573. The highest BCUT2D eigenvalue weighted by atomic mass is 16.5. The summed E-state index contributed by atoms with van der Waals surface area (Å²) in [5.74, 6) is 2.61. The van der Waals surface area contributed by atoms with Crippen LogP contribution in [0.25, 0.3) is 0 Å². The van der Waals surface area contributed by atoms with Crippen molar-refractivity contribution in [1.29, 1.82) is 0 Å². The molecule has 5 nitrogen and oxygen atoms in total. The Morgan fingerprint density at radius 3 is 2.75 bits per heavy atom. The van der Waals surface area contributed by atoms with Crippen LogP contribution in [0.15, 0.2) is 36.5 Å². The SMILES string of the molecule is CCNc1cc(Oc2ccc(CO)cc2OC)ccn1. The fraction of sp³-hybridized carbons (Fsp3) is 0.267. The lowest BCUT2D eigenvalue weighted by Gasteiger charge is -2.12. The molecule has 5 heteroatoms. The summed E-state index contributed by atoms with van der Waals surface area (Å²) < 4.78 is 11.1. The Kier molecular flexibility index (Phi) is 4.79. The van der Waals surface area contributed by atoms with Crippen molar-refractivity contribution in [3.8, 4) is 17.2 Å². The minimum Gasteiger partial charge on any atom is -0.493 e. The van der Waals surface area contributed by atoms with Crippen LogP contribution in [-0.4, -0.2) is 23.7 Å². The molecule has 0 spiro atoms. The summed E-state index contributed by atoms with van der Waals surface area (Å²) in [5.41, 5.74) is 0.775. The smallest absolute Gasteiger partial charge is 0.169 e. The summed E-state index contributed by atoms with van der Waals surface area (Å²) in [4.78, 5) is 4.19. The molecule has 2 N–H and O–H groups in total. The van der Waals surface area contributed by atoms with Crippen LogP contribution >= 0.6 is 0 Å². The van der Waals surface area contributed by atoms with E-state index in [4.69, 9.17) is 14.6 Å². The molecule has 1 aromatic carbocycles. The Labute approximate surface area is 118 Å². The fourth-order valence-electron chi connectivity index (χ4n) is 1.77. The largest absolute Gasteiger partial charge is 0.493 e. The van der Waals surface area contributed by atoms with E-state index in [2.05, 4.69) is 10.3 Å². The summed E-state index contributed by atoms with van der Waals surface area (Å²) in [6, 6.07) is 8.92. The third-order valence-corrected chi connectivity index (χ3v) is 2.73. The highest BCUT2D eigenvalue weighted by Crippen LogP contribution is 2.32. The lowest BCUT2D eigenvalue weighted by molar-refractivity contribution is 0.280. The summed E-state index contributed by atoms with van der Waals surface area (Å²) in [6.07, 6.45) is 1.68. The standard InChI is InChI=1S/C15H18N2O3/c1-3-16-15-9-12(6-7-17-15)20-13-5-4-11(10-18)8-14(13)19-2/h4-9,18H,3,10H2,1-2H3,(H,16,17). The van der Waals surface area contributed by atoms with Gasteiger partial charge in [0.1, 0.15) is 11.6 Å². The molecule has 0 radical (unpaired) electrons. The Morgan fingerprint density at radius 1 is 1.20 bits per heavy atom. The van der Waals surface area contributed by atoms with Crippen LogP contribution in [0.4, 0.5) is 5.82 Å². The highest BCUT2D eigenvalue weighted by Gasteiger charge is 2.07. The molecule has 0 unspecified atom stereocenters. The molecule has 2 aromatic rings. The number of aliphatic hydroxyl groups is 1. The molecule has 106 valence electrons. The molecular formula is C15H18N2O3. The molecule has 1 heterocycles. The van der Waals surface area contributed by atoms with Gasteiger partial charge in [0.25, 0.3) is 0 Å². The number of aromatic nitrogens is 1. The second-order valence-corrected chi connectivity index (χ2v) is 4.15. The molecule has 0 aliphatic rings. The van der Waals surface area contributed by atoms with E-state index >= 15 is 0 Å². The normalized spacial score (nSPS) is 10.2. The molecule has 0 atom stereocenters. The van der Waals surface area contributed by atoms with E-state index in [1.54, 1.807) is 37.6 Å². The van der Waals surface area contributed by atoms with E-state index in [-0.39, 0.29) is 6.61 Å². The number of methoxy groups -OCH3 is 1. The van der Waals surface area contributed by atoms with Gasteiger partial charge in [0, 0.05) is 18.8 Å². The molecule has 2 rings (SSSR count). The maximum atomic E-state index is 9.12. The van der Waals surface area contributed by atoms with Crippen LogP contribution in [0.2, 0.25) is 0 Å². The zero-order valence-electron chi connectivity index (χ0n) is 11.6. The number of hydrogen-bond donors (Lipinski definition) is 2. The van der Waals surface area contributed by atoms with Gasteiger partial charge in [-0.2, -0.15) is 0 Å². The summed E-state index contributed by atoms with van der Waals surface area (Å²) >= 11 is 0. The quantitative estimate of drug-likeness (QED) is 0.848. The van der Waals surface area contributed by atoms with Gasteiger partial charge in [0.2, 0.25) is 0 Å². The average molecular weight is 274 g/mol.